The highest BCUT2D eigenvalue weighted by Gasteiger charge is 2.26. The number of aryl methyl sites for hydroxylation is 2. The second kappa shape index (κ2) is 12.4. The van der Waals surface area contributed by atoms with Crippen molar-refractivity contribution < 1.29 is 27.4 Å². The number of sulfonamides is 1. The number of nitrogens with one attached hydrogen (secondary N) is 1. The Morgan fingerprint density at radius 2 is 1.69 bits per heavy atom. The van der Waals surface area contributed by atoms with Crippen LogP contribution in [0.25, 0.3) is 0 Å². The number of hydrogen-bond donors (Lipinski definition) is 1. The van der Waals surface area contributed by atoms with Gasteiger partial charge in [0, 0.05) is 26.6 Å². The Morgan fingerprint density at radius 3 is 2.31 bits per heavy atom. The Balaban J connectivity index is 2.14. The molecule has 0 heterocycles. The van der Waals surface area contributed by atoms with Crippen molar-refractivity contribution in [2.45, 2.75) is 25.2 Å². The highest BCUT2D eigenvalue weighted by atomic mass is 32.2. The first-order valence-electron chi connectivity index (χ1n) is 10.4. The summed E-state index contributed by atoms with van der Waals surface area (Å²) in [6.45, 7) is 5.43. The fourth-order valence-electron chi connectivity index (χ4n) is 2.94. The lowest BCUT2D eigenvalue weighted by molar-refractivity contribution is -0.121. The van der Waals surface area contributed by atoms with E-state index in [0.717, 1.165) is 11.1 Å². The van der Waals surface area contributed by atoms with E-state index in [4.69, 9.17) is 14.2 Å². The summed E-state index contributed by atoms with van der Waals surface area (Å²) in [5.74, 6) is 0.359. The maximum absolute atomic E-state index is 13.5. The summed E-state index contributed by atoms with van der Waals surface area (Å²) in [6.07, 6.45) is 0.00811. The van der Waals surface area contributed by atoms with Crippen LogP contribution in [-0.4, -0.2) is 61.5 Å². The van der Waals surface area contributed by atoms with Crippen molar-refractivity contribution in [3.05, 3.63) is 53.6 Å². The predicted octanol–water partition coefficient (Wildman–Crippen LogP) is 2.68. The highest BCUT2D eigenvalue weighted by Crippen LogP contribution is 2.27. The summed E-state index contributed by atoms with van der Waals surface area (Å²) in [4.78, 5) is 12.5. The van der Waals surface area contributed by atoms with Crippen molar-refractivity contribution in [2.24, 2.45) is 0 Å². The molecule has 0 spiro atoms. The van der Waals surface area contributed by atoms with Gasteiger partial charge in [-0.1, -0.05) is 6.07 Å². The molecule has 8 nitrogen and oxygen atoms in total. The maximum atomic E-state index is 13.5. The van der Waals surface area contributed by atoms with E-state index >= 15 is 0 Å². The Hall–Kier alpha value is -2.62. The quantitative estimate of drug-likeness (QED) is 0.458. The first-order valence-corrected chi connectivity index (χ1v) is 11.8. The summed E-state index contributed by atoms with van der Waals surface area (Å²) < 4.78 is 43.5. The molecule has 0 saturated heterocycles. The molecular weight excluding hydrogens is 432 g/mol. The van der Waals surface area contributed by atoms with Crippen LogP contribution in [0.4, 0.5) is 5.69 Å². The molecule has 2 aromatic rings. The number of nitrogens with zero attached hydrogens (tertiary/aromatic N) is 1. The number of ether oxygens (including phenoxy) is 3. The molecule has 0 saturated carbocycles. The SMILES string of the molecule is COCCOCCNC(=O)CCN(c1ccc(OC)cc1)S(=O)(=O)c1ccc(C)c(C)c1. The Labute approximate surface area is 190 Å². The Kier molecular flexibility index (Phi) is 9.96. The number of methoxy groups -OCH3 is 2. The summed E-state index contributed by atoms with van der Waals surface area (Å²) >= 11 is 0. The zero-order valence-corrected chi connectivity index (χ0v) is 19.9. The molecule has 2 rings (SSSR count). The van der Waals surface area contributed by atoms with Gasteiger partial charge in [0.05, 0.1) is 37.5 Å². The van der Waals surface area contributed by atoms with Crippen molar-refractivity contribution >= 4 is 21.6 Å². The molecule has 32 heavy (non-hydrogen) atoms. The summed E-state index contributed by atoms with van der Waals surface area (Å²) in [6, 6.07) is 11.7. The van der Waals surface area contributed by atoms with Gasteiger partial charge in [0.25, 0.3) is 10.0 Å². The normalized spacial score (nSPS) is 11.2. The third kappa shape index (κ3) is 7.22. The van der Waals surface area contributed by atoms with E-state index in [2.05, 4.69) is 5.32 Å². The van der Waals surface area contributed by atoms with E-state index < -0.39 is 10.0 Å². The lowest BCUT2D eigenvalue weighted by Crippen LogP contribution is -2.36. The van der Waals surface area contributed by atoms with Crippen LogP contribution in [0.15, 0.2) is 47.4 Å². The number of carbonyl (C=O) groups is 1. The summed E-state index contributed by atoms with van der Waals surface area (Å²) in [5.41, 5.74) is 2.35. The number of amides is 1. The second-order valence-corrected chi connectivity index (χ2v) is 9.09. The van der Waals surface area contributed by atoms with E-state index in [1.165, 1.54) is 4.31 Å². The van der Waals surface area contributed by atoms with E-state index in [0.29, 0.717) is 37.8 Å². The van der Waals surface area contributed by atoms with E-state index in [9.17, 15) is 13.2 Å². The van der Waals surface area contributed by atoms with E-state index in [1.807, 2.05) is 13.8 Å². The minimum absolute atomic E-state index is 0.00203. The molecule has 1 amide bonds. The van der Waals surface area contributed by atoms with Crippen LogP contribution in [0.1, 0.15) is 17.5 Å². The number of anilines is 1. The molecular formula is C23H32N2O6S. The molecule has 9 heteroatoms. The fourth-order valence-corrected chi connectivity index (χ4v) is 4.49. The van der Waals surface area contributed by atoms with Gasteiger partial charge in [0.15, 0.2) is 0 Å². The minimum Gasteiger partial charge on any atom is -0.497 e. The lowest BCUT2D eigenvalue weighted by atomic mass is 10.1. The Morgan fingerprint density at radius 1 is 0.969 bits per heavy atom. The van der Waals surface area contributed by atoms with Gasteiger partial charge >= 0.3 is 0 Å². The third-order valence-corrected chi connectivity index (χ3v) is 6.79. The topological polar surface area (TPSA) is 94.2 Å². The van der Waals surface area contributed by atoms with E-state index in [1.54, 1.807) is 56.7 Å². The van der Waals surface area contributed by atoms with Crippen LogP contribution in [0, 0.1) is 13.8 Å². The third-order valence-electron chi connectivity index (χ3n) is 4.97. The van der Waals surface area contributed by atoms with Crippen molar-refractivity contribution in [3.63, 3.8) is 0 Å². The first-order chi connectivity index (χ1) is 15.3. The van der Waals surface area contributed by atoms with Crippen molar-refractivity contribution in [1.29, 1.82) is 0 Å². The molecule has 1 N–H and O–H groups in total. The lowest BCUT2D eigenvalue weighted by Gasteiger charge is -2.25. The number of rotatable bonds is 13. The Bertz CT molecular complexity index is 976. The molecule has 0 bridgehead atoms. The molecule has 2 aromatic carbocycles. The molecule has 0 atom stereocenters. The average Bonchev–Trinajstić information content (AvgIpc) is 2.78. The van der Waals surface area contributed by atoms with Gasteiger partial charge in [-0.2, -0.15) is 0 Å². The van der Waals surface area contributed by atoms with Crippen molar-refractivity contribution in [1.82, 2.24) is 5.32 Å². The molecule has 0 unspecified atom stereocenters. The van der Waals surface area contributed by atoms with Gasteiger partial charge in [0.2, 0.25) is 5.91 Å². The van der Waals surface area contributed by atoms with E-state index in [-0.39, 0.29) is 23.8 Å². The molecule has 0 fully saturated rings. The maximum Gasteiger partial charge on any atom is 0.264 e. The smallest absolute Gasteiger partial charge is 0.264 e. The van der Waals surface area contributed by atoms with Gasteiger partial charge in [-0.05, 0) is 61.4 Å². The molecule has 0 aliphatic heterocycles. The van der Waals surface area contributed by atoms with Crippen molar-refractivity contribution in [3.8, 4) is 5.75 Å². The highest BCUT2D eigenvalue weighted by molar-refractivity contribution is 7.92. The molecule has 176 valence electrons. The van der Waals surface area contributed by atoms with Crippen LogP contribution >= 0.6 is 0 Å². The largest absolute Gasteiger partial charge is 0.497 e. The number of hydrogen-bond acceptors (Lipinski definition) is 6. The average molecular weight is 465 g/mol. The monoisotopic (exact) mass is 464 g/mol. The summed E-state index contributed by atoms with van der Waals surface area (Å²) in [5, 5.41) is 2.75. The summed E-state index contributed by atoms with van der Waals surface area (Å²) in [7, 11) is -0.738. The standard InChI is InChI=1S/C23H32N2O6S/c1-18-5-10-22(17-19(18)2)32(27,28)25(20-6-8-21(30-4)9-7-20)13-11-23(26)24-12-14-31-16-15-29-3/h5-10,17H,11-16H2,1-4H3,(H,24,26). The van der Waals surface area contributed by atoms with Crippen LogP contribution in [-0.2, 0) is 24.3 Å². The van der Waals surface area contributed by atoms with Gasteiger partial charge < -0.3 is 19.5 Å². The predicted molar refractivity (Wildman–Crippen MR) is 124 cm³/mol. The molecule has 0 aromatic heterocycles. The number of carbonyl (C=O) groups excluding carboxylic acids is 1. The van der Waals surface area contributed by atoms with Gasteiger partial charge in [0.1, 0.15) is 5.75 Å². The molecule has 0 aliphatic rings. The van der Waals surface area contributed by atoms with Gasteiger partial charge in [-0.25, -0.2) is 8.42 Å². The second-order valence-electron chi connectivity index (χ2n) is 7.23. The zero-order valence-electron chi connectivity index (χ0n) is 19.1. The first kappa shape index (κ1) is 25.6. The fraction of sp³-hybridized carbons (Fsp3) is 0.435. The zero-order chi connectivity index (χ0) is 23.6. The van der Waals surface area contributed by atoms with Gasteiger partial charge in [-0.3, -0.25) is 9.10 Å². The van der Waals surface area contributed by atoms with Crippen LogP contribution in [0.3, 0.4) is 0 Å². The van der Waals surface area contributed by atoms with Crippen LogP contribution in [0.5, 0.6) is 5.75 Å². The molecule has 0 aliphatic carbocycles. The van der Waals surface area contributed by atoms with Gasteiger partial charge in [-0.15, -0.1) is 0 Å². The molecule has 0 radical (unpaired) electrons. The van der Waals surface area contributed by atoms with Crippen molar-refractivity contribution in [2.75, 3.05) is 51.4 Å². The van der Waals surface area contributed by atoms with Crippen LogP contribution in [0.2, 0.25) is 0 Å². The number of benzene rings is 2. The van der Waals surface area contributed by atoms with Crippen LogP contribution < -0.4 is 14.4 Å². The minimum atomic E-state index is -3.87.